The van der Waals surface area contributed by atoms with E-state index >= 15 is 0 Å². The first-order chi connectivity index (χ1) is 9.28. The number of ether oxygens (including phenoxy) is 1. The molecule has 2 aromatic rings. The van der Waals surface area contributed by atoms with Gasteiger partial charge < -0.3 is 4.74 Å². The molecule has 0 radical (unpaired) electrons. The summed E-state index contributed by atoms with van der Waals surface area (Å²) >= 11 is 0. The summed E-state index contributed by atoms with van der Waals surface area (Å²) in [5.41, 5.74) is 2.00. The molecule has 0 amide bonds. The molecule has 0 heterocycles. The maximum atomic E-state index is 12.8. The minimum atomic E-state index is -0.248. The van der Waals surface area contributed by atoms with Crippen LogP contribution < -0.4 is 4.74 Å². The van der Waals surface area contributed by atoms with Crippen molar-refractivity contribution in [3.63, 3.8) is 0 Å². The minimum absolute atomic E-state index is 0.248. The monoisotopic (exact) mass is 255 g/mol. The fourth-order valence-corrected chi connectivity index (χ4v) is 1.74. The Hall–Kier alpha value is -2.34. The standard InChI is InChI=1S/C16H14FNO/c17-15-8-6-14(7-9-15)12-19-16-5-1-3-13(11-16)4-2-10-18/h1,3,5-9,11H,2,4,12H2. The number of hydrogen-bond acceptors (Lipinski definition) is 2. The molecule has 0 saturated heterocycles. The van der Waals surface area contributed by atoms with Crippen molar-refractivity contribution in [3.8, 4) is 11.8 Å². The second-order valence-electron chi connectivity index (χ2n) is 4.22. The summed E-state index contributed by atoms with van der Waals surface area (Å²) in [6, 6.07) is 16.1. The van der Waals surface area contributed by atoms with Crippen LogP contribution in [-0.2, 0) is 13.0 Å². The molecule has 0 atom stereocenters. The van der Waals surface area contributed by atoms with Gasteiger partial charge in [-0.25, -0.2) is 4.39 Å². The SMILES string of the molecule is N#CCCc1cccc(OCc2ccc(F)cc2)c1. The van der Waals surface area contributed by atoms with Crippen LogP contribution in [0.2, 0.25) is 0 Å². The van der Waals surface area contributed by atoms with E-state index in [0.717, 1.165) is 23.3 Å². The number of hydrogen-bond donors (Lipinski definition) is 0. The molecule has 0 bridgehead atoms. The highest BCUT2D eigenvalue weighted by atomic mass is 19.1. The van der Waals surface area contributed by atoms with Gasteiger partial charge in [0, 0.05) is 6.42 Å². The van der Waals surface area contributed by atoms with Gasteiger partial charge in [-0.1, -0.05) is 24.3 Å². The zero-order valence-electron chi connectivity index (χ0n) is 10.5. The molecule has 0 aromatic heterocycles. The lowest BCUT2D eigenvalue weighted by Gasteiger charge is -2.07. The van der Waals surface area contributed by atoms with Gasteiger partial charge in [0.1, 0.15) is 18.2 Å². The Morgan fingerprint density at radius 2 is 1.84 bits per heavy atom. The number of benzene rings is 2. The molecular weight excluding hydrogens is 241 g/mol. The third-order valence-electron chi connectivity index (χ3n) is 2.74. The predicted octanol–water partition coefficient (Wildman–Crippen LogP) is 3.86. The van der Waals surface area contributed by atoms with Crippen molar-refractivity contribution >= 4 is 0 Å². The topological polar surface area (TPSA) is 33.0 Å². The maximum Gasteiger partial charge on any atom is 0.123 e. The molecule has 96 valence electrons. The maximum absolute atomic E-state index is 12.8. The van der Waals surface area contributed by atoms with Gasteiger partial charge in [-0.3, -0.25) is 0 Å². The third kappa shape index (κ3) is 4.11. The summed E-state index contributed by atoms with van der Waals surface area (Å²) in [7, 11) is 0. The molecule has 2 rings (SSSR count). The van der Waals surface area contributed by atoms with Crippen LogP contribution in [0.15, 0.2) is 48.5 Å². The van der Waals surface area contributed by atoms with Gasteiger partial charge in [-0.15, -0.1) is 0 Å². The lowest BCUT2D eigenvalue weighted by Crippen LogP contribution is -1.96. The van der Waals surface area contributed by atoms with E-state index in [1.165, 1.54) is 12.1 Å². The molecule has 19 heavy (non-hydrogen) atoms. The summed E-state index contributed by atoms with van der Waals surface area (Å²) < 4.78 is 18.4. The molecule has 2 aromatic carbocycles. The first-order valence-corrected chi connectivity index (χ1v) is 6.11. The minimum Gasteiger partial charge on any atom is -0.489 e. The Labute approximate surface area is 112 Å². The van der Waals surface area contributed by atoms with E-state index in [1.807, 2.05) is 24.3 Å². The van der Waals surface area contributed by atoms with Gasteiger partial charge in [-0.2, -0.15) is 5.26 Å². The van der Waals surface area contributed by atoms with Gasteiger partial charge in [0.05, 0.1) is 6.07 Å². The fraction of sp³-hybridized carbons (Fsp3) is 0.188. The van der Waals surface area contributed by atoms with Crippen molar-refractivity contribution in [3.05, 3.63) is 65.5 Å². The first kappa shape index (κ1) is 13.1. The molecule has 0 aliphatic rings. The molecule has 0 saturated carbocycles. The molecular formula is C16H14FNO. The van der Waals surface area contributed by atoms with Crippen LogP contribution in [0.4, 0.5) is 4.39 Å². The van der Waals surface area contributed by atoms with Crippen LogP contribution in [-0.4, -0.2) is 0 Å². The quantitative estimate of drug-likeness (QED) is 0.812. The average Bonchev–Trinajstić information content (AvgIpc) is 2.45. The lowest BCUT2D eigenvalue weighted by atomic mass is 10.1. The Morgan fingerprint density at radius 3 is 2.58 bits per heavy atom. The largest absolute Gasteiger partial charge is 0.489 e. The fourth-order valence-electron chi connectivity index (χ4n) is 1.74. The number of nitriles is 1. The lowest BCUT2D eigenvalue weighted by molar-refractivity contribution is 0.306. The van der Waals surface area contributed by atoms with E-state index in [4.69, 9.17) is 10.00 Å². The zero-order valence-corrected chi connectivity index (χ0v) is 10.5. The summed E-state index contributed by atoms with van der Waals surface area (Å²) in [5.74, 6) is 0.516. The molecule has 3 heteroatoms. The van der Waals surface area contributed by atoms with Gasteiger partial charge in [0.15, 0.2) is 0 Å². The second-order valence-corrected chi connectivity index (χ2v) is 4.22. The summed E-state index contributed by atoms with van der Waals surface area (Å²) in [4.78, 5) is 0. The van der Waals surface area contributed by atoms with Crippen molar-refractivity contribution in [2.24, 2.45) is 0 Å². The molecule has 0 aliphatic heterocycles. The van der Waals surface area contributed by atoms with E-state index in [2.05, 4.69) is 6.07 Å². The highest BCUT2D eigenvalue weighted by molar-refractivity contribution is 5.29. The normalized spacial score (nSPS) is 9.89. The number of nitrogens with zero attached hydrogens (tertiary/aromatic N) is 1. The Bertz CT molecular complexity index is 572. The van der Waals surface area contributed by atoms with Gasteiger partial charge in [-0.05, 0) is 41.8 Å². The summed E-state index contributed by atoms with van der Waals surface area (Å²) in [5, 5.41) is 8.56. The van der Waals surface area contributed by atoms with Crippen LogP contribution in [0.3, 0.4) is 0 Å². The second kappa shape index (κ2) is 6.55. The van der Waals surface area contributed by atoms with Crippen LogP contribution in [0.25, 0.3) is 0 Å². The van der Waals surface area contributed by atoms with Crippen LogP contribution >= 0.6 is 0 Å². The Balaban J connectivity index is 1.95. The zero-order chi connectivity index (χ0) is 13.5. The molecule has 2 nitrogen and oxygen atoms in total. The molecule has 0 unspecified atom stereocenters. The van der Waals surface area contributed by atoms with Crippen molar-refractivity contribution in [2.75, 3.05) is 0 Å². The van der Waals surface area contributed by atoms with E-state index < -0.39 is 0 Å². The number of halogens is 1. The van der Waals surface area contributed by atoms with Crippen molar-refractivity contribution in [1.29, 1.82) is 5.26 Å². The molecule has 0 N–H and O–H groups in total. The van der Waals surface area contributed by atoms with Gasteiger partial charge >= 0.3 is 0 Å². The van der Waals surface area contributed by atoms with Gasteiger partial charge in [0.25, 0.3) is 0 Å². The smallest absolute Gasteiger partial charge is 0.123 e. The average molecular weight is 255 g/mol. The third-order valence-corrected chi connectivity index (χ3v) is 2.74. The van der Waals surface area contributed by atoms with Crippen LogP contribution in [0, 0.1) is 17.1 Å². The van der Waals surface area contributed by atoms with Crippen molar-refractivity contribution < 1.29 is 9.13 Å². The van der Waals surface area contributed by atoms with E-state index in [0.29, 0.717) is 13.0 Å². The number of aryl methyl sites for hydroxylation is 1. The molecule has 0 aliphatic carbocycles. The summed E-state index contributed by atoms with van der Waals surface area (Å²) in [6.45, 7) is 0.405. The summed E-state index contributed by atoms with van der Waals surface area (Å²) in [6.07, 6.45) is 1.23. The van der Waals surface area contributed by atoms with E-state index in [-0.39, 0.29) is 5.82 Å². The highest BCUT2D eigenvalue weighted by Crippen LogP contribution is 2.16. The van der Waals surface area contributed by atoms with Crippen LogP contribution in [0.1, 0.15) is 17.5 Å². The van der Waals surface area contributed by atoms with Gasteiger partial charge in [0.2, 0.25) is 0 Å². The van der Waals surface area contributed by atoms with Crippen molar-refractivity contribution in [1.82, 2.24) is 0 Å². The molecule has 0 fully saturated rings. The first-order valence-electron chi connectivity index (χ1n) is 6.11. The Morgan fingerprint density at radius 1 is 1.05 bits per heavy atom. The number of rotatable bonds is 5. The highest BCUT2D eigenvalue weighted by Gasteiger charge is 1.99. The predicted molar refractivity (Wildman–Crippen MR) is 71.1 cm³/mol. The molecule has 0 spiro atoms. The van der Waals surface area contributed by atoms with E-state index in [1.54, 1.807) is 12.1 Å². The van der Waals surface area contributed by atoms with Crippen molar-refractivity contribution in [2.45, 2.75) is 19.4 Å². The Kier molecular flexibility index (Phi) is 4.52. The van der Waals surface area contributed by atoms with E-state index in [9.17, 15) is 4.39 Å². The van der Waals surface area contributed by atoms with Crippen LogP contribution in [0.5, 0.6) is 5.75 Å².